The minimum atomic E-state index is -0.621. The Morgan fingerprint density at radius 3 is 2.68 bits per heavy atom. The molecule has 0 amide bonds. The van der Waals surface area contributed by atoms with Crippen LogP contribution in [0.4, 0.5) is 0 Å². The van der Waals surface area contributed by atoms with E-state index in [4.69, 9.17) is 5.26 Å². The average Bonchev–Trinajstić information content (AvgIpc) is 2.32. The summed E-state index contributed by atoms with van der Waals surface area (Å²) in [6, 6.07) is 5.53. The molecule has 1 aliphatic carbocycles. The van der Waals surface area contributed by atoms with Gasteiger partial charge in [-0.05, 0) is 30.0 Å². The summed E-state index contributed by atoms with van der Waals surface area (Å²) >= 11 is 0. The molecule has 2 rings (SSSR count). The van der Waals surface area contributed by atoms with Gasteiger partial charge in [-0.15, -0.1) is 12.4 Å². The molecule has 2 atom stereocenters. The quantitative estimate of drug-likeness (QED) is 0.776. The summed E-state index contributed by atoms with van der Waals surface area (Å²) in [5.41, 5.74) is 1.84. The first-order chi connectivity index (χ1) is 8.54. The third-order valence-corrected chi connectivity index (χ3v) is 3.39. The molecule has 0 unspecified atom stereocenters. The maximum atomic E-state index is 10.3. The van der Waals surface area contributed by atoms with Crippen LogP contribution in [0.3, 0.4) is 0 Å². The Bertz CT molecular complexity index is 497. The molecular weight excluding hydrogens is 264 g/mol. The summed E-state index contributed by atoms with van der Waals surface area (Å²) in [4.78, 5) is 0. The predicted octanol–water partition coefficient (Wildman–Crippen LogP) is 2.03. The van der Waals surface area contributed by atoms with Gasteiger partial charge >= 0.3 is 0 Å². The standard InChI is InChI=1S/C14H18N2O2.ClH/c1-8(2)16-12-5-3-9-10(14(12)18)4-6-13(17)11(9)7-15;/h4,6,8,12,14,16-18H,3,5H2,1-2H3;1H/t12-,14-;/m0./s1. The van der Waals surface area contributed by atoms with E-state index in [1.54, 1.807) is 6.07 Å². The largest absolute Gasteiger partial charge is 0.507 e. The zero-order chi connectivity index (χ0) is 13.3. The molecule has 104 valence electrons. The maximum absolute atomic E-state index is 10.3. The van der Waals surface area contributed by atoms with E-state index >= 15 is 0 Å². The van der Waals surface area contributed by atoms with Crippen LogP contribution in [0.5, 0.6) is 5.75 Å². The molecule has 0 radical (unpaired) electrons. The molecule has 0 bridgehead atoms. The Hall–Kier alpha value is -1.28. The van der Waals surface area contributed by atoms with Crippen LogP contribution in [0.2, 0.25) is 0 Å². The Morgan fingerprint density at radius 1 is 1.42 bits per heavy atom. The van der Waals surface area contributed by atoms with Gasteiger partial charge in [0.05, 0.1) is 11.7 Å². The molecule has 1 aromatic carbocycles. The number of halogens is 1. The van der Waals surface area contributed by atoms with Crippen molar-refractivity contribution >= 4 is 12.4 Å². The number of aliphatic hydroxyl groups excluding tert-OH is 1. The van der Waals surface area contributed by atoms with Crippen molar-refractivity contribution in [1.82, 2.24) is 5.32 Å². The molecule has 1 aliphatic rings. The highest BCUT2D eigenvalue weighted by molar-refractivity contribution is 5.85. The van der Waals surface area contributed by atoms with Gasteiger partial charge in [-0.1, -0.05) is 19.9 Å². The van der Waals surface area contributed by atoms with Gasteiger partial charge in [0.1, 0.15) is 11.8 Å². The highest BCUT2D eigenvalue weighted by atomic mass is 35.5. The average molecular weight is 283 g/mol. The van der Waals surface area contributed by atoms with Crippen molar-refractivity contribution in [2.24, 2.45) is 0 Å². The van der Waals surface area contributed by atoms with E-state index in [1.807, 2.05) is 19.9 Å². The van der Waals surface area contributed by atoms with Crippen molar-refractivity contribution in [3.05, 3.63) is 28.8 Å². The summed E-state index contributed by atoms with van der Waals surface area (Å²) in [5, 5.41) is 32.4. The van der Waals surface area contributed by atoms with E-state index in [1.165, 1.54) is 6.07 Å². The lowest BCUT2D eigenvalue weighted by molar-refractivity contribution is 0.110. The minimum absolute atomic E-state index is 0. The molecule has 0 spiro atoms. The summed E-state index contributed by atoms with van der Waals surface area (Å²) in [7, 11) is 0. The number of nitriles is 1. The van der Waals surface area contributed by atoms with Crippen LogP contribution in [0, 0.1) is 11.3 Å². The molecule has 0 heterocycles. The molecule has 0 saturated heterocycles. The number of nitrogens with zero attached hydrogens (tertiary/aromatic N) is 1. The number of aliphatic hydroxyl groups is 1. The first kappa shape index (κ1) is 15.8. The second-order valence-electron chi connectivity index (χ2n) is 5.05. The lowest BCUT2D eigenvalue weighted by Crippen LogP contribution is -2.42. The van der Waals surface area contributed by atoms with Gasteiger partial charge in [0.15, 0.2) is 0 Å². The van der Waals surface area contributed by atoms with E-state index in [-0.39, 0.29) is 24.2 Å². The normalized spacial score (nSPS) is 21.4. The van der Waals surface area contributed by atoms with Crippen molar-refractivity contribution in [3.8, 4) is 11.8 Å². The van der Waals surface area contributed by atoms with Crippen LogP contribution in [0.1, 0.15) is 43.1 Å². The lowest BCUT2D eigenvalue weighted by atomic mass is 9.83. The summed E-state index contributed by atoms with van der Waals surface area (Å²) in [5.74, 6) is -0.00119. The number of rotatable bonds is 2. The second-order valence-corrected chi connectivity index (χ2v) is 5.05. The third kappa shape index (κ3) is 3.01. The topological polar surface area (TPSA) is 76.3 Å². The van der Waals surface area contributed by atoms with Crippen molar-refractivity contribution in [3.63, 3.8) is 0 Å². The fourth-order valence-corrected chi connectivity index (χ4v) is 2.60. The Morgan fingerprint density at radius 2 is 2.11 bits per heavy atom. The Labute approximate surface area is 119 Å². The van der Waals surface area contributed by atoms with Crippen LogP contribution in [0.15, 0.2) is 12.1 Å². The van der Waals surface area contributed by atoms with Crippen LogP contribution in [-0.2, 0) is 6.42 Å². The summed E-state index contributed by atoms with van der Waals surface area (Å²) in [6.07, 6.45) is 0.849. The van der Waals surface area contributed by atoms with Gasteiger partial charge in [0.25, 0.3) is 0 Å². The summed E-state index contributed by atoms with van der Waals surface area (Å²) in [6.45, 7) is 4.08. The molecule has 1 aromatic rings. The Balaban J connectivity index is 0.00000180. The number of hydrogen-bond donors (Lipinski definition) is 3. The predicted molar refractivity (Wildman–Crippen MR) is 75.4 cm³/mol. The Kier molecular flexibility index (Phi) is 5.19. The first-order valence-electron chi connectivity index (χ1n) is 6.23. The first-order valence-corrected chi connectivity index (χ1v) is 6.23. The van der Waals surface area contributed by atoms with E-state index < -0.39 is 6.10 Å². The third-order valence-electron chi connectivity index (χ3n) is 3.39. The number of phenolic OH excluding ortho intramolecular Hbond substituents is 1. The minimum Gasteiger partial charge on any atom is -0.507 e. The summed E-state index contributed by atoms with van der Waals surface area (Å²) < 4.78 is 0. The van der Waals surface area contributed by atoms with Gasteiger partial charge in [0.2, 0.25) is 0 Å². The van der Waals surface area contributed by atoms with Gasteiger partial charge in [-0.2, -0.15) is 5.26 Å². The number of fused-ring (bicyclic) bond motifs is 1. The SMILES string of the molecule is CC(C)N[C@H]1CCc2c(ccc(O)c2C#N)[C@@H]1O.Cl. The number of phenols is 1. The fraction of sp³-hybridized carbons (Fsp3) is 0.500. The monoisotopic (exact) mass is 282 g/mol. The number of nitrogens with one attached hydrogen (secondary N) is 1. The van der Waals surface area contributed by atoms with Crippen molar-refractivity contribution in [1.29, 1.82) is 5.26 Å². The molecule has 19 heavy (non-hydrogen) atoms. The zero-order valence-corrected chi connectivity index (χ0v) is 11.9. The van der Waals surface area contributed by atoms with E-state index in [2.05, 4.69) is 5.32 Å². The van der Waals surface area contributed by atoms with Crippen LogP contribution < -0.4 is 5.32 Å². The van der Waals surface area contributed by atoms with Crippen molar-refractivity contribution < 1.29 is 10.2 Å². The van der Waals surface area contributed by atoms with Gasteiger partial charge in [-0.3, -0.25) is 0 Å². The van der Waals surface area contributed by atoms with E-state index in [0.29, 0.717) is 18.0 Å². The molecule has 0 fully saturated rings. The number of aromatic hydroxyl groups is 1. The fourth-order valence-electron chi connectivity index (χ4n) is 2.60. The van der Waals surface area contributed by atoms with Crippen molar-refractivity contribution in [2.45, 2.75) is 44.9 Å². The number of benzene rings is 1. The molecule has 5 heteroatoms. The van der Waals surface area contributed by atoms with Crippen LogP contribution in [0.25, 0.3) is 0 Å². The lowest BCUT2D eigenvalue weighted by Gasteiger charge is -2.32. The van der Waals surface area contributed by atoms with Crippen LogP contribution >= 0.6 is 12.4 Å². The van der Waals surface area contributed by atoms with Crippen molar-refractivity contribution in [2.75, 3.05) is 0 Å². The molecular formula is C14H19ClN2O2. The number of hydrogen-bond acceptors (Lipinski definition) is 4. The zero-order valence-electron chi connectivity index (χ0n) is 11.1. The van der Waals surface area contributed by atoms with Gasteiger partial charge in [-0.25, -0.2) is 0 Å². The smallest absolute Gasteiger partial charge is 0.133 e. The van der Waals surface area contributed by atoms with Gasteiger partial charge < -0.3 is 15.5 Å². The molecule has 3 N–H and O–H groups in total. The molecule has 0 aromatic heterocycles. The highest BCUT2D eigenvalue weighted by Gasteiger charge is 2.30. The molecule has 4 nitrogen and oxygen atoms in total. The molecule has 0 aliphatic heterocycles. The second kappa shape index (κ2) is 6.25. The van der Waals surface area contributed by atoms with E-state index in [9.17, 15) is 10.2 Å². The van der Waals surface area contributed by atoms with Gasteiger partial charge in [0, 0.05) is 12.1 Å². The van der Waals surface area contributed by atoms with Crippen LogP contribution in [-0.4, -0.2) is 22.3 Å². The highest BCUT2D eigenvalue weighted by Crippen LogP contribution is 2.35. The molecule has 0 saturated carbocycles. The maximum Gasteiger partial charge on any atom is 0.133 e. The van der Waals surface area contributed by atoms with E-state index in [0.717, 1.165) is 17.5 Å².